The summed E-state index contributed by atoms with van der Waals surface area (Å²) in [5.74, 6) is -1.81. The van der Waals surface area contributed by atoms with Gasteiger partial charge in [0.1, 0.15) is 12.1 Å². The van der Waals surface area contributed by atoms with Gasteiger partial charge < -0.3 is 15.4 Å². The van der Waals surface area contributed by atoms with E-state index in [9.17, 15) is 19.2 Å². The first-order valence-electron chi connectivity index (χ1n) is 8.33. The van der Waals surface area contributed by atoms with E-state index < -0.39 is 42.5 Å². The van der Waals surface area contributed by atoms with Crippen LogP contribution in [0.4, 0.5) is 10.5 Å². The Hall–Kier alpha value is -2.90. The van der Waals surface area contributed by atoms with Gasteiger partial charge in [-0.15, -0.1) is 0 Å². The van der Waals surface area contributed by atoms with Gasteiger partial charge >= 0.3 is 12.0 Å². The van der Waals surface area contributed by atoms with Crippen LogP contribution in [0.2, 0.25) is 0 Å². The molecule has 0 aliphatic carbocycles. The maximum Gasteiger partial charge on any atom is 0.326 e. The van der Waals surface area contributed by atoms with E-state index in [4.69, 9.17) is 4.74 Å². The first-order chi connectivity index (χ1) is 12.2. The normalized spacial score (nSPS) is 19.3. The molecule has 2 rings (SSSR count). The highest BCUT2D eigenvalue weighted by molar-refractivity contribution is 6.08. The minimum Gasteiger partial charge on any atom is -0.454 e. The van der Waals surface area contributed by atoms with Gasteiger partial charge in [-0.25, -0.2) is 4.79 Å². The van der Waals surface area contributed by atoms with Gasteiger partial charge in [-0.1, -0.05) is 19.1 Å². The van der Waals surface area contributed by atoms with E-state index in [0.29, 0.717) is 12.1 Å². The topological polar surface area (TPSA) is 105 Å². The molecule has 1 fully saturated rings. The molecule has 1 atom stereocenters. The number of nitrogens with one attached hydrogen (secondary N) is 2. The molecule has 0 aromatic heterocycles. The largest absolute Gasteiger partial charge is 0.454 e. The molecular formula is C18H23N3O5. The lowest BCUT2D eigenvalue weighted by molar-refractivity contribution is -0.150. The zero-order chi connectivity index (χ0) is 19.5. The second-order valence-electron chi connectivity index (χ2n) is 6.46. The quantitative estimate of drug-likeness (QED) is 0.590. The lowest BCUT2D eigenvalue weighted by Crippen LogP contribution is -2.43. The first kappa shape index (κ1) is 19.4. The van der Waals surface area contributed by atoms with Crippen molar-refractivity contribution in [3.8, 4) is 0 Å². The maximum atomic E-state index is 12.2. The molecule has 1 aromatic carbocycles. The smallest absolute Gasteiger partial charge is 0.326 e. The molecule has 1 aliphatic rings. The summed E-state index contributed by atoms with van der Waals surface area (Å²) in [6.45, 7) is 6.12. The van der Waals surface area contributed by atoms with Crippen molar-refractivity contribution < 1.29 is 23.9 Å². The summed E-state index contributed by atoms with van der Waals surface area (Å²) in [4.78, 5) is 48.7. The number of rotatable bonds is 6. The van der Waals surface area contributed by atoms with Crippen LogP contribution in [0.3, 0.4) is 0 Å². The molecule has 0 spiro atoms. The molecule has 1 aliphatic heterocycles. The molecule has 8 nitrogen and oxygen atoms in total. The summed E-state index contributed by atoms with van der Waals surface area (Å²) >= 11 is 0. The Morgan fingerprint density at radius 2 is 1.96 bits per heavy atom. The summed E-state index contributed by atoms with van der Waals surface area (Å²) in [7, 11) is 0. The van der Waals surface area contributed by atoms with E-state index in [1.165, 1.54) is 0 Å². The highest BCUT2D eigenvalue weighted by Crippen LogP contribution is 2.20. The number of hydrogen-bond acceptors (Lipinski definition) is 5. The van der Waals surface area contributed by atoms with Gasteiger partial charge in [0.15, 0.2) is 6.61 Å². The van der Waals surface area contributed by atoms with Crippen molar-refractivity contribution in [3.63, 3.8) is 0 Å². The van der Waals surface area contributed by atoms with E-state index >= 15 is 0 Å². The first-order valence-corrected chi connectivity index (χ1v) is 8.33. The molecule has 8 heteroatoms. The third-order valence-electron chi connectivity index (χ3n) is 4.58. The molecule has 0 saturated carbocycles. The zero-order valence-electron chi connectivity index (χ0n) is 15.3. The summed E-state index contributed by atoms with van der Waals surface area (Å²) in [6, 6.07) is 4.84. The summed E-state index contributed by atoms with van der Waals surface area (Å²) < 4.78 is 4.88. The highest BCUT2D eigenvalue weighted by Gasteiger charge is 2.47. The van der Waals surface area contributed by atoms with Gasteiger partial charge in [0.05, 0.1) is 0 Å². The van der Waals surface area contributed by atoms with Crippen LogP contribution >= 0.6 is 0 Å². The molecular weight excluding hydrogens is 338 g/mol. The Morgan fingerprint density at radius 3 is 2.58 bits per heavy atom. The Kier molecular flexibility index (Phi) is 5.64. The minimum absolute atomic E-state index is 0.404. The maximum absolute atomic E-state index is 12.2. The van der Waals surface area contributed by atoms with Crippen molar-refractivity contribution in [1.29, 1.82) is 0 Å². The molecule has 1 heterocycles. The Labute approximate surface area is 151 Å². The van der Waals surface area contributed by atoms with Gasteiger partial charge in [0.25, 0.3) is 11.8 Å². The monoisotopic (exact) mass is 361 g/mol. The van der Waals surface area contributed by atoms with Gasteiger partial charge in [-0.2, -0.15) is 0 Å². The van der Waals surface area contributed by atoms with Gasteiger partial charge in [0.2, 0.25) is 0 Å². The second-order valence-corrected chi connectivity index (χ2v) is 6.46. The summed E-state index contributed by atoms with van der Waals surface area (Å²) in [6.07, 6.45) is 0.404. The van der Waals surface area contributed by atoms with Gasteiger partial charge in [-0.3, -0.25) is 19.3 Å². The number of nitrogens with zero attached hydrogens (tertiary/aromatic N) is 1. The van der Waals surface area contributed by atoms with Crippen molar-refractivity contribution in [2.24, 2.45) is 0 Å². The second kappa shape index (κ2) is 7.55. The lowest BCUT2D eigenvalue weighted by Gasteiger charge is -2.18. The molecule has 0 bridgehead atoms. The average molecular weight is 361 g/mol. The van der Waals surface area contributed by atoms with Crippen molar-refractivity contribution in [3.05, 3.63) is 29.3 Å². The predicted octanol–water partition coefficient (Wildman–Crippen LogP) is 1.51. The number of carbonyl (C=O) groups is 4. The van der Waals surface area contributed by atoms with Crippen LogP contribution in [0, 0.1) is 13.8 Å². The summed E-state index contributed by atoms with van der Waals surface area (Å²) in [5.41, 5.74) is 1.57. The Bertz CT molecular complexity index is 761. The molecule has 0 unspecified atom stereocenters. The molecule has 1 saturated heterocycles. The third-order valence-corrected chi connectivity index (χ3v) is 4.58. The number of amides is 4. The van der Waals surface area contributed by atoms with Crippen LogP contribution < -0.4 is 10.6 Å². The van der Waals surface area contributed by atoms with Crippen LogP contribution in [0.25, 0.3) is 0 Å². The number of hydrogen-bond donors (Lipinski definition) is 2. The van der Waals surface area contributed by atoms with Crippen molar-refractivity contribution in [1.82, 2.24) is 10.2 Å². The van der Waals surface area contributed by atoms with Crippen LogP contribution in [0.1, 0.15) is 31.4 Å². The molecule has 140 valence electrons. The Balaban J connectivity index is 1.87. The van der Waals surface area contributed by atoms with Crippen molar-refractivity contribution in [2.75, 3.05) is 18.5 Å². The molecule has 1 aromatic rings. The minimum atomic E-state index is -1.02. The third kappa shape index (κ3) is 4.01. The van der Waals surface area contributed by atoms with Crippen LogP contribution in [0.5, 0.6) is 0 Å². The molecule has 26 heavy (non-hydrogen) atoms. The molecule has 4 amide bonds. The Morgan fingerprint density at radius 1 is 1.27 bits per heavy atom. The van der Waals surface area contributed by atoms with Crippen LogP contribution in [0.15, 0.2) is 18.2 Å². The predicted molar refractivity (Wildman–Crippen MR) is 94.4 cm³/mol. The van der Waals surface area contributed by atoms with Crippen LogP contribution in [-0.4, -0.2) is 47.4 Å². The fourth-order valence-electron chi connectivity index (χ4n) is 2.52. The average Bonchev–Trinajstić information content (AvgIpc) is 2.81. The molecule has 0 radical (unpaired) electrons. The van der Waals surface area contributed by atoms with Crippen molar-refractivity contribution >= 4 is 29.5 Å². The number of carbonyl (C=O) groups excluding carboxylic acids is 4. The summed E-state index contributed by atoms with van der Waals surface area (Å²) in [5, 5.41) is 5.21. The number of benzene rings is 1. The van der Waals surface area contributed by atoms with Crippen molar-refractivity contribution in [2.45, 2.75) is 39.7 Å². The van der Waals surface area contributed by atoms with E-state index in [1.54, 1.807) is 19.9 Å². The number of imide groups is 1. The molecule has 2 N–H and O–H groups in total. The van der Waals surface area contributed by atoms with Gasteiger partial charge in [0, 0.05) is 5.69 Å². The number of anilines is 1. The standard InChI is InChI=1S/C18H23N3O5/c1-5-18(4)16(24)21(17(25)20-18)9-15(23)26-10-14(22)19-13-8-6-7-11(2)12(13)3/h6-8H,5,9-10H2,1-4H3,(H,19,22)(H,20,25)/t18-/m0/s1. The van der Waals surface area contributed by atoms with Gasteiger partial charge in [-0.05, 0) is 44.4 Å². The SMILES string of the molecule is CC[C@]1(C)NC(=O)N(CC(=O)OCC(=O)Nc2cccc(C)c2C)C1=O. The van der Waals surface area contributed by atoms with E-state index in [1.807, 2.05) is 26.0 Å². The fraction of sp³-hybridized carbons (Fsp3) is 0.444. The number of urea groups is 1. The number of aryl methyl sites for hydroxylation is 1. The van der Waals surface area contributed by atoms with E-state index in [-0.39, 0.29) is 0 Å². The lowest BCUT2D eigenvalue weighted by atomic mass is 9.99. The fourth-order valence-corrected chi connectivity index (χ4v) is 2.52. The van der Waals surface area contributed by atoms with E-state index in [0.717, 1.165) is 16.0 Å². The van der Waals surface area contributed by atoms with E-state index in [2.05, 4.69) is 10.6 Å². The zero-order valence-corrected chi connectivity index (χ0v) is 15.3. The highest BCUT2D eigenvalue weighted by atomic mass is 16.5. The number of esters is 1. The number of ether oxygens (including phenoxy) is 1. The van der Waals surface area contributed by atoms with Crippen LogP contribution in [-0.2, 0) is 19.1 Å².